The van der Waals surface area contributed by atoms with Gasteiger partial charge in [-0.25, -0.2) is 4.79 Å². The van der Waals surface area contributed by atoms with E-state index in [-0.39, 0.29) is 17.3 Å². The molecule has 0 aromatic heterocycles. The summed E-state index contributed by atoms with van der Waals surface area (Å²) >= 11 is 0. The number of nitrogens with one attached hydrogen (secondary N) is 1. The van der Waals surface area contributed by atoms with Crippen LogP contribution in [0, 0.1) is 5.41 Å². The second-order valence-electron chi connectivity index (χ2n) is 6.07. The zero-order chi connectivity index (χ0) is 16.0. The highest BCUT2D eigenvalue weighted by atomic mass is 16.5. The van der Waals surface area contributed by atoms with Crippen molar-refractivity contribution in [2.75, 3.05) is 13.7 Å². The molecule has 0 fully saturated rings. The number of hydrogen-bond donors (Lipinski definition) is 2. The molecule has 0 bridgehead atoms. The Morgan fingerprint density at radius 3 is 2.29 bits per heavy atom. The van der Waals surface area contributed by atoms with Crippen molar-refractivity contribution in [1.29, 1.82) is 0 Å². The van der Waals surface area contributed by atoms with Crippen molar-refractivity contribution in [2.45, 2.75) is 33.2 Å². The Morgan fingerprint density at radius 2 is 1.81 bits per heavy atom. The lowest BCUT2D eigenvalue weighted by atomic mass is 9.87. The molecule has 0 unspecified atom stereocenters. The molecule has 0 heterocycles. The lowest BCUT2D eigenvalue weighted by Crippen LogP contribution is -2.48. The lowest BCUT2D eigenvalue weighted by molar-refractivity contribution is -0.124. The molecule has 1 amide bonds. The van der Waals surface area contributed by atoms with Crippen LogP contribution in [0.3, 0.4) is 0 Å². The topological polar surface area (TPSA) is 81.4 Å². The number of hydrogen-bond acceptors (Lipinski definition) is 4. The predicted octanol–water partition coefficient (Wildman–Crippen LogP) is 1.51. The Kier molecular flexibility index (Phi) is 5.90. The van der Waals surface area contributed by atoms with Crippen molar-refractivity contribution in [2.24, 2.45) is 11.1 Å². The summed E-state index contributed by atoms with van der Waals surface area (Å²) in [6.45, 7) is 6.31. The van der Waals surface area contributed by atoms with Gasteiger partial charge in [0.2, 0.25) is 5.91 Å². The monoisotopic (exact) mass is 292 g/mol. The van der Waals surface area contributed by atoms with Gasteiger partial charge in [-0.1, -0.05) is 32.9 Å². The summed E-state index contributed by atoms with van der Waals surface area (Å²) in [6, 6.07) is 6.59. The van der Waals surface area contributed by atoms with E-state index in [1.54, 1.807) is 12.1 Å². The Morgan fingerprint density at radius 1 is 1.24 bits per heavy atom. The summed E-state index contributed by atoms with van der Waals surface area (Å²) in [6.07, 6.45) is 0.685. The summed E-state index contributed by atoms with van der Waals surface area (Å²) in [5.41, 5.74) is 7.17. The molecular formula is C16H24N2O3. The van der Waals surface area contributed by atoms with E-state index in [1.807, 2.05) is 32.9 Å². The summed E-state index contributed by atoms with van der Waals surface area (Å²) in [4.78, 5) is 23.2. The number of carbonyl (C=O) groups is 2. The maximum absolute atomic E-state index is 11.9. The molecule has 0 spiro atoms. The minimum atomic E-state index is -0.529. The van der Waals surface area contributed by atoms with Crippen molar-refractivity contribution in [3.63, 3.8) is 0 Å². The van der Waals surface area contributed by atoms with E-state index in [0.29, 0.717) is 18.5 Å². The van der Waals surface area contributed by atoms with Crippen molar-refractivity contribution < 1.29 is 14.3 Å². The first-order valence-electron chi connectivity index (χ1n) is 6.96. The van der Waals surface area contributed by atoms with Crippen LogP contribution >= 0.6 is 0 Å². The van der Waals surface area contributed by atoms with Gasteiger partial charge < -0.3 is 15.8 Å². The lowest BCUT2D eigenvalue weighted by Gasteiger charge is -2.25. The fraction of sp³-hybridized carbons (Fsp3) is 0.500. The SMILES string of the molecule is COC(=O)c1ccc(CCNC(=O)[C@@H](N)C(C)(C)C)cc1. The van der Waals surface area contributed by atoms with E-state index in [0.717, 1.165) is 5.56 Å². The average molecular weight is 292 g/mol. The maximum atomic E-state index is 11.9. The van der Waals surface area contributed by atoms with Crippen LogP contribution in [0.5, 0.6) is 0 Å². The summed E-state index contributed by atoms with van der Waals surface area (Å²) in [5, 5.41) is 2.83. The first-order valence-corrected chi connectivity index (χ1v) is 6.96. The minimum absolute atomic E-state index is 0.145. The number of amides is 1. The quantitative estimate of drug-likeness (QED) is 0.806. The van der Waals surface area contributed by atoms with Gasteiger partial charge in [-0.05, 0) is 29.5 Å². The van der Waals surface area contributed by atoms with Crippen LogP contribution in [0.2, 0.25) is 0 Å². The largest absolute Gasteiger partial charge is 0.465 e. The third kappa shape index (κ3) is 5.19. The second kappa shape index (κ2) is 7.22. The van der Waals surface area contributed by atoms with Crippen LogP contribution in [-0.2, 0) is 16.0 Å². The molecule has 5 nitrogen and oxygen atoms in total. The minimum Gasteiger partial charge on any atom is -0.465 e. The van der Waals surface area contributed by atoms with Crippen LogP contribution in [0.25, 0.3) is 0 Å². The van der Waals surface area contributed by atoms with Crippen LogP contribution in [0.4, 0.5) is 0 Å². The molecule has 1 rings (SSSR count). The van der Waals surface area contributed by atoms with Gasteiger partial charge >= 0.3 is 5.97 Å². The van der Waals surface area contributed by atoms with Crippen LogP contribution in [-0.4, -0.2) is 31.6 Å². The van der Waals surface area contributed by atoms with E-state index in [1.165, 1.54) is 7.11 Å². The van der Waals surface area contributed by atoms with Gasteiger partial charge in [0.05, 0.1) is 18.7 Å². The molecule has 0 saturated carbocycles. The number of carbonyl (C=O) groups excluding carboxylic acids is 2. The molecule has 116 valence electrons. The second-order valence-corrected chi connectivity index (χ2v) is 6.07. The van der Waals surface area contributed by atoms with Gasteiger partial charge in [-0.3, -0.25) is 4.79 Å². The summed E-state index contributed by atoms with van der Waals surface area (Å²) in [5.74, 6) is -0.500. The Balaban J connectivity index is 2.46. The third-order valence-electron chi connectivity index (χ3n) is 3.30. The van der Waals surface area contributed by atoms with E-state index in [2.05, 4.69) is 10.1 Å². The normalized spacial score (nSPS) is 12.6. The molecule has 0 aliphatic heterocycles. The highest BCUT2D eigenvalue weighted by molar-refractivity contribution is 5.89. The third-order valence-corrected chi connectivity index (χ3v) is 3.30. The Hall–Kier alpha value is -1.88. The average Bonchev–Trinajstić information content (AvgIpc) is 2.45. The van der Waals surface area contributed by atoms with Crippen LogP contribution < -0.4 is 11.1 Å². The predicted molar refractivity (Wildman–Crippen MR) is 81.9 cm³/mol. The highest BCUT2D eigenvalue weighted by Gasteiger charge is 2.26. The summed E-state index contributed by atoms with van der Waals surface area (Å²) in [7, 11) is 1.35. The number of methoxy groups -OCH3 is 1. The smallest absolute Gasteiger partial charge is 0.337 e. The first-order chi connectivity index (χ1) is 9.75. The number of benzene rings is 1. The van der Waals surface area contributed by atoms with Crippen molar-refractivity contribution in [3.8, 4) is 0 Å². The number of nitrogens with two attached hydrogens (primary N) is 1. The highest BCUT2D eigenvalue weighted by Crippen LogP contribution is 2.17. The van der Waals surface area contributed by atoms with Gasteiger partial charge in [0.15, 0.2) is 0 Å². The van der Waals surface area contributed by atoms with Gasteiger partial charge in [0.1, 0.15) is 0 Å². The molecular weight excluding hydrogens is 268 g/mol. The van der Waals surface area contributed by atoms with Gasteiger partial charge in [0.25, 0.3) is 0 Å². The molecule has 1 aromatic rings. The molecule has 1 aromatic carbocycles. The van der Waals surface area contributed by atoms with Crippen LogP contribution in [0.1, 0.15) is 36.7 Å². The van der Waals surface area contributed by atoms with Gasteiger partial charge in [0, 0.05) is 6.54 Å². The number of rotatable bonds is 5. The van der Waals surface area contributed by atoms with E-state index in [4.69, 9.17) is 5.73 Å². The van der Waals surface area contributed by atoms with Crippen LogP contribution in [0.15, 0.2) is 24.3 Å². The van der Waals surface area contributed by atoms with Crippen molar-refractivity contribution >= 4 is 11.9 Å². The summed E-state index contributed by atoms with van der Waals surface area (Å²) < 4.78 is 4.64. The van der Waals surface area contributed by atoms with Gasteiger partial charge in [-0.15, -0.1) is 0 Å². The molecule has 1 atom stereocenters. The molecule has 3 N–H and O–H groups in total. The molecule has 0 saturated heterocycles. The first kappa shape index (κ1) is 17.2. The fourth-order valence-corrected chi connectivity index (χ4v) is 1.76. The fourth-order valence-electron chi connectivity index (χ4n) is 1.76. The standard InChI is InChI=1S/C16H24N2O3/c1-16(2,3)13(17)14(19)18-10-9-11-5-7-12(8-6-11)15(20)21-4/h5-8,13H,9-10,17H2,1-4H3,(H,18,19)/t13-/m1/s1. The number of ether oxygens (including phenoxy) is 1. The molecule has 5 heteroatoms. The Bertz CT molecular complexity index is 489. The number of esters is 1. The molecule has 21 heavy (non-hydrogen) atoms. The molecule has 0 aliphatic carbocycles. The van der Waals surface area contributed by atoms with Crippen molar-refractivity contribution in [1.82, 2.24) is 5.32 Å². The van der Waals surface area contributed by atoms with Crippen molar-refractivity contribution in [3.05, 3.63) is 35.4 Å². The molecule has 0 radical (unpaired) electrons. The van der Waals surface area contributed by atoms with E-state index < -0.39 is 6.04 Å². The molecule has 0 aliphatic rings. The van der Waals surface area contributed by atoms with Gasteiger partial charge in [-0.2, -0.15) is 0 Å². The Labute approximate surface area is 125 Å². The zero-order valence-electron chi connectivity index (χ0n) is 13.1. The van der Waals surface area contributed by atoms with E-state index >= 15 is 0 Å². The zero-order valence-corrected chi connectivity index (χ0v) is 13.1. The maximum Gasteiger partial charge on any atom is 0.337 e. The van der Waals surface area contributed by atoms with E-state index in [9.17, 15) is 9.59 Å².